The topological polar surface area (TPSA) is 105 Å². The first-order valence-corrected chi connectivity index (χ1v) is 9.27. The third kappa shape index (κ3) is 4.90. The number of nitrogens with one attached hydrogen (secondary N) is 2. The molecule has 0 spiro atoms. The zero-order valence-electron chi connectivity index (χ0n) is 13.9. The van der Waals surface area contributed by atoms with Crippen LogP contribution in [-0.2, 0) is 10.0 Å². The Morgan fingerprint density at radius 1 is 1.35 bits per heavy atom. The van der Waals surface area contributed by atoms with Crippen LogP contribution in [0.4, 0.5) is 18.9 Å². The van der Waals surface area contributed by atoms with Gasteiger partial charge in [-0.15, -0.1) is 0 Å². The van der Waals surface area contributed by atoms with Crippen molar-refractivity contribution in [3.05, 3.63) is 33.9 Å². The van der Waals surface area contributed by atoms with Crippen molar-refractivity contribution >= 4 is 15.7 Å². The molecule has 1 aromatic carbocycles. The monoisotopic (exact) mass is 396 g/mol. The molecule has 0 aromatic heterocycles. The number of nitro groups is 1. The molecule has 8 nitrogen and oxygen atoms in total. The Morgan fingerprint density at radius 2 is 1.96 bits per heavy atom. The Labute approximate surface area is 148 Å². The molecule has 1 saturated heterocycles. The molecule has 1 unspecified atom stereocenters. The third-order valence-electron chi connectivity index (χ3n) is 4.11. The van der Waals surface area contributed by atoms with Gasteiger partial charge in [-0.05, 0) is 12.5 Å². The van der Waals surface area contributed by atoms with Crippen LogP contribution >= 0.6 is 0 Å². The zero-order chi connectivity index (χ0) is 19.5. The molecule has 1 aromatic rings. The molecule has 1 heterocycles. The van der Waals surface area contributed by atoms with Gasteiger partial charge in [-0.2, -0.15) is 13.2 Å². The number of benzene rings is 1. The lowest BCUT2D eigenvalue weighted by atomic mass is 10.2. The molecule has 26 heavy (non-hydrogen) atoms. The molecule has 1 fully saturated rings. The fraction of sp³-hybridized carbons (Fsp3) is 0.571. The van der Waals surface area contributed by atoms with Gasteiger partial charge in [0.1, 0.15) is 6.04 Å². The van der Waals surface area contributed by atoms with Gasteiger partial charge in [-0.3, -0.25) is 15.0 Å². The van der Waals surface area contributed by atoms with E-state index in [1.54, 1.807) is 0 Å². The van der Waals surface area contributed by atoms with E-state index in [0.717, 1.165) is 12.1 Å². The summed E-state index contributed by atoms with van der Waals surface area (Å²) in [6, 6.07) is 1.24. The number of hydrogen-bond acceptors (Lipinski definition) is 6. The molecule has 1 aliphatic rings. The highest BCUT2D eigenvalue weighted by Gasteiger charge is 2.44. The van der Waals surface area contributed by atoms with E-state index in [1.807, 2.05) is 4.72 Å². The maximum atomic E-state index is 13.3. The van der Waals surface area contributed by atoms with Gasteiger partial charge in [0.25, 0.3) is 5.69 Å². The van der Waals surface area contributed by atoms with E-state index < -0.39 is 44.3 Å². The normalized spacial score (nSPS) is 17.8. The highest BCUT2D eigenvalue weighted by molar-refractivity contribution is 7.89. The van der Waals surface area contributed by atoms with E-state index in [-0.39, 0.29) is 18.7 Å². The first-order chi connectivity index (χ1) is 12.0. The van der Waals surface area contributed by atoms with Crippen LogP contribution in [0.5, 0.6) is 0 Å². The van der Waals surface area contributed by atoms with Gasteiger partial charge in [0.2, 0.25) is 10.0 Å². The van der Waals surface area contributed by atoms with E-state index in [2.05, 4.69) is 5.32 Å². The molecule has 0 bridgehead atoms. The highest BCUT2D eigenvalue weighted by Crippen LogP contribution is 2.26. The Morgan fingerprint density at radius 3 is 2.50 bits per heavy atom. The van der Waals surface area contributed by atoms with Gasteiger partial charge in [-0.1, -0.05) is 6.07 Å². The summed E-state index contributed by atoms with van der Waals surface area (Å²) in [5, 5.41) is 13.8. The molecular formula is C14H19F3N4O4S. The molecule has 0 radical (unpaired) electrons. The second-order valence-electron chi connectivity index (χ2n) is 5.90. The summed E-state index contributed by atoms with van der Waals surface area (Å²) in [5.74, 6) is 0. The Balaban J connectivity index is 2.22. The molecule has 146 valence electrons. The van der Waals surface area contributed by atoms with E-state index in [4.69, 9.17) is 0 Å². The number of piperazine rings is 1. The molecule has 0 aliphatic carbocycles. The molecular weight excluding hydrogens is 377 g/mol. The lowest BCUT2D eigenvalue weighted by molar-refractivity contribution is -0.385. The van der Waals surface area contributed by atoms with Crippen molar-refractivity contribution in [2.24, 2.45) is 0 Å². The fourth-order valence-electron chi connectivity index (χ4n) is 2.70. The number of hydrogen-bond donors (Lipinski definition) is 2. The Bertz CT molecular complexity index is 764. The van der Waals surface area contributed by atoms with Crippen molar-refractivity contribution in [1.82, 2.24) is 14.9 Å². The van der Waals surface area contributed by atoms with Crippen molar-refractivity contribution in [2.45, 2.75) is 24.0 Å². The van der Waals surface area contributed by atoms with Gasteiger partial charge >= 0.3 is 6.18 Å². The van der Waals surface area contributed by atoms with Gasteiger partial charge in [0.15, 0.2) is 0 Å². The first kappa shape index (κ1) is 20.6. The van der Waals surface area contributed by atoms with E-state index in [0.29, 0.717) is 13.1 Å². The Kier molecular flexibility index (Phi) is 6.21. The van der Waals surface area contributed by atoms with Crippen LogP contribution in [0.2, 0.25) is 0 Å². The number of rotatable bonds is 6. The van der Waals surface area contributed by atoms with Crippen LogP contribution in [0.25, 0.3) is 0 Å². The van der Waals surface area contributed by atoms with Crippen LogP contribution in [0.3, 0.4) is 0 Å². The van der Waals surface area contributed by atoms with Crippen molar-refractivity contribution in [3.8, 4) is 0 Å². The first-order valence-electron chi connectivity index (χ1n) is 7.78. The lowest BCUT2D eigenvalue weighted by Gasteiger charge is -2.35. The third-order valence-corrected chi connectivity index (χ3v) is 5.67. The number of sulfonamides is 1. The largest absolute Gasteiger partial charge is 0.405 e. The van der Waals surface area contributed by atoms with E-state index in [9.17, 15) is 31.7 Å². The van der Waals surface area contributed by atoms with Crippen LogP contribution in [0, 0.1) is 17.0 Å². The SMILES string of the molecule is Cc1ccc([N+](=O)[O-])cc1S(=O)(=O)NCC(N1CCNCC1)C(F)(F)F. The molecule has 1 atom stereocenters. The number of halogens is 3. The molecule has 2 N–H and O–H groups in total. The van der Waals surface area contributed by atoms with Crippen molar-refractivity contribution in [2.75, 3.05) is 32.7 Å². The zero-order valence-corrected chi connectivity index (χ0v) is 14.7. The Hall–Kier alpha value is -1.76. The molecule has 1 aliphatic heterocycles. The smallest absolute Gasteiger partial charge is 0.314 e. The summed E-state index contributed by atoms with van der Waals surface area (Å²) in [6.45, 7) is 1.58. The highest BCUT2D eigenvalue weighted by atomic mass is 32.2. The van der Waals surface area contributed by atoms with Gasteiger partial charge < -0.3 is 5.32 Å². The van der Waals surface area contributed by atoms with E-state index >= 15 is 0 Å². The van der Waals surface area contributed by atoms with Crippen LogP contribution in [0.1, 0.15) is 5.56 Å². The minimum Gasteiger partial charge on any atom is -0.314 e. The number of alkyl halides is 3. The maximum Gasteiger partial charge on any atom is 0.405 e. The number of aryl methyl sites for hydroxylation is 1. The predicted octanol–water partition coefficient (Wildman–Crippen LogP) is 1.02. The average molecular weight is 396 g/mol. The van der Waals surface area contributed by atoms with Gasteiger partial charge in [0, 0.05) is 44.9 Å². The fourth-order valence-corrected chi connectivity index (χ4v) is 4.00. The average Bonchev–Trinajstić information content (AvgIpc) is 2.54. The van der Waals surface area contributed by atoms with E-state index in [1.165, 1.54) is 17.9 Å². The molecule has 2 rings (SSSR count). The summed E-state index contributed by atoms with van der Waals surface area (Å²) in [7, 11) is -4.34. The predicted molar refractivity (Wildman–Crippen MR) is 87.3 cm³/mol. The summed E-state index contributed by atoms with van der Waals surface area (Å²) < 4.78 is 66.8. The van der Waals surface area contributed by atoms with Gasteiger partial charge in [-0.25, -0.2) is 13.1 Å². The number of non-ortho nitro benzene ring substituents is 1. The summed E-state index contributed by atoms with van der Waals surface area (Å²) in [6.07, 6.45) is -4.61. The standard InChI is InChI=1S/C14H19F3N4O4S/c1-10-2-3-11(21(22)23)8-12(10)26(24,25)19-9-13(14(15,16)17)20-6-4-18-5-7-20/h2-3,8,13,18-19H,4-7,9H2,1H3. The minimum absolute atomic E-state index is 0.141. The van der Waals surface area contributed by atoms with Crippen LogP contribution in [-0.4, -0.2) is 63.2 Å². The second-order valence-corrected chi connectivity index (χ2v) is 7.64. The summed E-state index contributed by atoms with van der Waals surface area (Å²) in [5.41, 5.74) is -0.251. The minimum atomic E-state index is -4.61. The quantitative estimate of drug-likeness (QED) is 0.550. The lowest BCUT2D eigenvalue weighted by Crippen LogP contribution is -2.57. The summed E-state index contributed by atoms with van der Waals surface area (Å²) >= 11 is 0. The van der Waals surface area contributed by atoms with Crippen molar-refractivity contribution in [3.63, 3.8) is 0 Å². The molecule has 12 heteroatoms. The van der Waals surface area contributed by atoms with Crippen LogP contribution in [0.15, 0.2) is 23.1 Å². The van der Waals surface area contributed by atoms with Crippen molar-refractivity contribution < 1.29 is 26.5 Å². The van der Waals surface area contributed by atoms with Crippen LogP contribution < -0.4 is 10.0 Å². The maximum absolute atomic E-state index is 13.3. The summed E-state index contributed by atoms with van der Waals surface area (Å²) in [4.78, 5) is 10.8. The van der Waals surface area contributed by atoms with Gasteiger partial charge in [0.05, 0.1) is 9.82 Å². The molecule has 0 saturated carbocycles. The number of nitro benzene ring substituents is 1. The molecule has 0 amide bonds. The number of nitrogens with zero attached hydrogens (tertiary/aromatic N) is 2. The van der Waals surface area contributed by atoms with Crippen molar-refractivity contribution in [1.29, 1.82) is 0 Å². The second kappa shape index (κ2) is 7.86.